The monoisotopic (exact) mass is 447 g/mol. The van der Waals surface area contributed by atoms with Crippen LogP contribution in [0.25, 0.3) is 0 Å². The number of benzene rings is 1. The largest absolute Gasteiger partial charge is 0.503 e. The van der Waals surface area contributed by atoms with E-state index in [0.717, 1.165) is 18.3 Å². The molecular weight excluding hydrogens is 428 g/mol. The van der Waals surface area contributed by atoms with Crippen molar-refractivity contribution in [2.24, 2.45) is 5.92 Å². The Morgan fingerprint density at radius 2 is 2.00 bits per heavy atom. The first kappa shape index (κ1) is 21.5. The summed E-state index contributed by atoms with van der Waals surface area (Å²) in [6, 6.07) is 2.80. The van der Waals surface area contributed by atoms with Crippen molar-refractivity contribution in [2.75, 3.05) is 13.1 Å². The third kappa shape index (κ3) is 3.20. The number of fused-ring (bicyclic) bond motifs is 2. The van der Waals surface area contributed by atoms with Crippen molar-refractivity contribution in [3.05, 3.63) is 63.1 Å². The van der Waals surface area contributed by atoms with E-state index in [4.69, 9.17) is 0 Å². The lowest BCUT2D eigenvalue weighted by Crippen LogP contribution is -2.50. The zero-order valence-electron chi connectivity index (χ0n) is 16.9. The molecule has 1 aliphatic heterocycles. The average molecular weight is 447 g/mol. The minimum Gasteiger partial charge on any atom is -0.503 e. The second-order valence-corrected chi connectivity index (χ2v) is 7.88. The average Bonchev–Trinajstić information content (AvgIpc) is 3.47. The standard InChI is InChI=1S/C21H19F2N3O6/c1-2-25-9-21(6-13(21)20(31)32)26-8-12(16(27)17(28)15(26)19(25)30)18(29)24-7-10-3-4-11(22)5-14(10)23/h3-5,8,13,28H,2,6-7,9H2,1H3,(H,24,29)(H,31,32). The van der Waals surface area contributed by atoms with E-state index in [1.165, 1.54) is 9.47 Å². The second-order valence-electron chi connectivity index (χ2n) is 7.88. The first-order chi connectivity index (χ1) is 15.1. The van der Waals surface area contributed by atoms with Crippen LogP contribution in [0.3, 0.4) is 0 Å². The van der Waals surface area contributed by atoms with Gasteiger partial charge in [-0.15, -0.1) is 0 Å². The van der Waals surface area contributed by atoms with Gasteiger partial charge in [-0.3, -0.25) is 19.2 Å². The molecule has 2 aromatic rings. The van der Waals surface area contributed by atoms with Crippen LogP contribution in [-0.2, 0) is 16.9 Å². The Morgan fingerprint density at radius 3 is 2.59 bits per heavy atom. The summed E-state index contributed by atoms with van der Waals surface area (Å²) < 4.78 is 28.1. The van der Waals surface area contributed by atoms with Crippen LogP contribution < -0.4 is 10.7 Å². The quantitative estimate of drug-likeness (QED) is 0.628. The second kappa shape index (κ2) is 7.43. The number of aromatic hydroxyl groups is 1. The summed E-state index contributed by atoms with van der Waals surface area (Å²) in [4.78, 5) is 51.0. The number of carbonyl (C=O) groups is 3. The molecule has 2 amide bonds. The molecule has 2 heterocycles. The Labute approximate surface area is 179 Å². The number of aromatic nitrogens is 1. The molecule has 3 N–H and O–H groups in total. The van der Waals surface area contributed by atoms with Gasteiger partial charge < -0.3 is 25.0 Å². The third-order valence-electron chi connectivity index (χ3n) is 6.04. The number of carbonyl (C=O) groups excluding carboxylic acids is 2. The summed E-state index contributed by atoms with van der Waals surface area (Å²) in [5.74, 6) is -6.21. The number of hydrogen-bond acceptors (Lipinski definition) is 5. The van der Waals surface area contributed by atoms with Crippen molar-refractivity contribution in [3.8, 4) is 5.75 Å². The lowest BCUT2D eigenvalue weighted by Gasteiger charge is -2.36. The van der Waals surface area contributed by atoms with E-state index in [0.29, 0.717) is 6.07 Å². The number of nitrogens with one attached hydrogen (secondary N) is 1. The molecule has 1 fully saturated rings. The fourth-order valence-corrected chi connectivity index (χ4v) is 4.19. The lowest BCUT2D eigenvalue weighted by molar-refractivity contribution is -0.139. The SMILES string of the molecule is CCN1CC2(CC2C(=O)O)n2cc(C(=O)NCc3ccc(F)cc3F)c(=O)c(O)c2C1=O. The van der Waals surface area contributed by atoms with Crippen molar-refractivity contribution >= 4 is 17.8 Å². The highest BCUT2D eigenvalue weighted by atomic mass is 19.1. The number of hydrogen-bond donors (Lipinski definition) is 3. The molecule has 1 saturated carbocycles. The molecule has 1 aromatic heterocycles. The topological polar surface area (TPSA) is 129 Å². The van der Waals surface area contributed by atoms with Crippen LogP contribution in [0.15, 0.2) is 29.2 Å². The van der Waals surface area contributed by atoms with Crippen LogP contribution in [0.4, 0.5) is 8.78 Å². The Morgan fingerprint density at radius 1 is 1.28 bits per heavy atom. The van der Waals surface area contributed by atoms with Crippen LogP contribution in [0.2, 0.25) is 0 Å². The molecule has 0 saturated heterocycles. The Bertz CT molecular complexity index is 1230. The van der Waals surface area contributed by atoms with Gasteiger partial charge >= 0.3 is 5.97 Å². The van der Waals surface area contributed by atoms with Gasteiger partial charge in [0.2, 0.25) is 5.43 Å². The minimum absolute atomic E-state index is 0.0274. The molecule has 4 rings (SSSR count). The maximum absolute atomic E-state index is 13.8. The van der Waals surface area contributed by atoms with Crippen LogP contribution in [0.5, 0.6) is 5.75 Å². The molecule has 2 unspecified atom stereocenters. The zero-order valence-corrected chi connectivity index (χ0v) is 16.9. The van der Waals surface area contributed by atoms with E-state index in [1.807, 2.05) is 0 Å². The summed E-state index contributed by atoms with van der Waals surface area (Å²) in [7, 11) is 0. The maximum atomic E-state index is 13.8. The fourth-order valence-electron chi connectivity index (χ4n) is 4.19. The van der Waals surface area contributed by atoms with Gasteiger partial charge in [0, 0.05) is 37.5 Å². The first-order valence-electron chi connectivity index (χ1n) is 9.84. The molecule has 0 radical (unpaired) electrons. The van der Waals surface area contributed by atoms with E-state index in [2.05, 4.69) is 5.32 Å². The fraction of sp³-hybridized carbons (Fsp3) is 0.333. The Balaban J connectivity index is 1.73. The lowest BCUT2D eigenvalue weighted by atomic mass is 10.0. The third-order valence-corrected chi connectivity index (χ3v) is 6.04. The van der Waals surface area contributed by atoms with Crippen molar-refractivity contribution in [2.45, 2.75) is 25.4 Å². The normalized spacial score (nSPS) is 21.4. The van der Waals surface area contributed by atoms with Crippen molar-refractivity contribution < 1.29 is 33.4 Å². The predicted molar refractivity (Wildman–Crippen MR) is 105 cm³/mol. The number of carboxylic acids is 1. The molecule has 2 aliphatic rings. The van der Waals surface area contributed by atoms with Gasteiger partial charge in [0.25, 0.3) is 11.8 Å². The first-order valence-corrected chi connectivity index (χ1v) is 9.84. The van der Waals surface area contributed by atoms with Crippen molar-refractivity contribution in [1.82, 2.24) is 14.8 Å². The molecule has 1 aliphatic carbocycles. The van der Waals surface area contributed by atoms with Gasteiger partial charge in [-0.1, -0.05) is 6.07 Å². The maximum Gasteiger partial charge on any atom is 0.309 e. The highest BCUT2D eigenvalue weighted by Crippen LogP contribution is 2.54. The molecule has 11 heteroatoms. The number of nitrogens with zero attached hydrogens (tertiary/aromatic N) is 2. The molecule has 9 nitrogen and oxygen atoms in total. The van der Waals surface area contributed by atoms with Crippen molar-refractivity contribution in [3.63, 3.8) is 0 Å². The van der Waals surface area contributed by atoms with E-state index in [-0.39, 0.29) is 37.3 Å². The number of rotatable bonds is 5. The smallest absolute Gasteiger partial charge is 0.309 e. The van der Waals surface area contributed by atoms with Gasteiger partial charge in [0.1, 0.15) is 17.2 Å². The number of aliphatic carboxylic acids is 1. The molecule has 32 heavy (non-hydrogen) atoms. The summed E-state index contributed by atoms with van der Waals surface area (Å²) in [5.41, 5.74) is -3.12. The van der Waals surface area contributed by atoms with E-state index >= 15 is 0 Å². The van der Waals surface area contributed by atoms with Crippen LogP contribution in [-0.4, -0.2) is 50.6 Å². The summed E-state index contributed by atoms with van der Waals surface area (Å²) >= 11 is 0. The molecule has 0 bridgehead atoms. The van der Waals surface area contributed by atoms with E-state index in [1.54, 1.807) is 6.92 Å². The number of likely N-dealkylation sites (N-methyl/N-ethyl adjacent to an activating group) is 1. The highest BCUT2D eigenvalue weighted by Gasteiger charge is 2.64. The number of pyridine rings is 1. The summed E-state index contributed by atoms with van der Waals surface area (Å²) in [5, 5.41) is 22.3. The Kier molecular flexibility index (Phi) is 4.99. The summed E-state index contributed by atoms with van der Waals surface area (Å²) in [6.07, 6.45) is 1.23. The minimum atomic E-state index is -1.11. The van der Waals surface area contributed by atoms with Crippen LogP contribution in [0.1, 0.15) is 39.8 Å². The van der Waals surface area contributed by atoms with Crippen LogP contribution in [0, 0.1) is 17.6 Å². The van der Waals surface area contributed by atoms with Gasteiger partial charge in [-0.2, -0.15) is 0 Å². The number of amides is 2. The highest BCUT2D eigenvalue weighted by molar-refractivity contribution is 5.99. The number of halogens is 2. The molecule has 1 spiro atoms. The van der Waals surface area contributed by atoms with E-state index < -0.39 is 57.6 Å². The predicted octanol–water partition coefficient (Wildman–Crippen LogP) is 1.04. The molecular formula is C21H19F2N3O6. The van der Waals surface area contributed by atoms with Crippen LogP contribution >= 0.6 is 0 Å². The van der Waals surface area contributed by atoms with Gasteiger partial charge in [0.15, 0.2) is 11.4 Å². The molecule has 2 atom stereocenters. The summed E-state index contributed by atoms with van der Waals surface area (Å²) in [6.45, 7) is 1.62. The zero-order chi connectivity index (χ0) is 23.4. The molecule has 1 aromatic carbocycles. The molecule has 168 valence electrons. The van der Waals surface area contributed by atoms with Crippen molar-refractivity contribution in [1.29, 1.82) is 0 Å². The van der Waals surface area contributed by atoms with Gasteiger partial charge in [0.05, 0.1) is 11.5 Å². The van der Waals surface area contributed by atoms with Gasteiger partial charge in [-0.25, -0.2) is 8.78 Å². The Hall–Kier alpha value is -3.76. The number of carboxylic acid groups (broad SMARTS) is 1. The van der Waals surface area contributed by atoms with Gasteiger partial charge in [-0.05, 0) is 19.4 Å². The van der Waals surface area contributed by atoms with E-state index in [9.17, 15) is 38.2 Å².